The van der Waals surface area contributed by atoms with Crippen molar-refractivity contribution in [2.75, 3.05) is 11.1 Å². The van der Waals surface area contributed by atoms with Crippen molar-refractivity contribution in [1.82, 2.24) is 14.8 Å². The second kappa shape index (κ2) is 10.7. The van der Waals surface area contributed by atoms with E-state index in [1.54, 1.807) is 48.5 Å². The number of rotatable bonds is 8. The molecule has 1 N–H and O–H groups in total. The number of hydrogen-bond acceptors (Lipinski definition) is 6. The molecule has 1 amide bonds. The van der Waals surface area contributed by atoms with E-state index in [-0.39, 0.29) is 18.3 Å². The van der Waals surface area contributed by atoms with Crippen LogP contribution in [0.5, 0.6) is 5.75 Å². The first-order valence-corrected chi connectivity index (χ1v) is 11.3. The highest BCUT2D eigenvalue weighted by molar-refractivity contribution is 7.99. The molecule has 0 bridgehead atoms. The van der Waals surface area contributed by atoms with Gasteiger partial charge in [0.1, 0.15) is 12.4 Å². The van der Waals surface area contributed by atoms with E-state index in [2.05, 4.69) is 21.6 Å². The monoisotopic (exact) mass is 475 g/mol. The van der Waals surface area contributed by atoms with Crippen LogP contribution in [-0.4, -0.2) is 26.4 Å². The molecule has 7 nitrogen and oxygen atoms in total. The maximum atomic E-state index is 12.4. The Labute approximate surface area is 200 Å². The van der Waals surface area contributed by atoms with Gasteiger partial charge in [-0.05, 0) is 60.7 Å². The van der Waals surface area contributed by atoms with Crippen LogP contribution in [0.15, 0.2) is 84.0 Å². The fraction of sp³-hybridized carbons (Fsp3) is 0.0833. The molecule has 4 rings (SSSR count). The summed E-state index contributed by atoms with van der Waals surface area (Å²) in [6.07, 6.45) is 0. The predicted molar refractivity (Wildman–Crippen MR) is 128 cm³/mol. The van der Waals surface area contributed by atoms with Crippen LogP contribution in [0.4, 0.5) is 5.69 Å². The second-order valence-electron chi connectivity index (χ2n) is 6.84. The largest absolute Gasteiger partial charge is 0.486 e. The summed E-state index contributed by atoms with van der Waals surface area (Å²) in [7, 11) is 0. The molecule has 0 fully saturated rings. The minimum atomic E-state index is -0.166. The lowest BCUT2D eigenvalue weighted by molar-refractivity contribution is -0.113. The van der Waals surface area contributed by atoms with Gasteiger partial charge in [-0.25, -0.2) is 0 Å². The lowest BCUT2D eigenvalue weighted by Gasteiger charge is -2.11. The first-order chi connectivity index (χ1) is 16.1. The van der Waals surface area contributed by atoms with Gasteiger partial charge in [-0.1, -0.05) is 41.6 Å². The van der Waals surface area contributed by atoms with E-state index in [4.69, 9.17) is 21.6 Å². The smallest absolute Gasteiger partial charge is 0.234 e. The highest BCUT2D eigenvalue weighted by Crippen LogP contribution is 2.24. The zero-order chi connectivity index (χ0) is 23.0. The lowest BCUT2D eigenvalue weighted by Crippen LogP contribution is -2.14. The number of amides is 1. The van der Waals surface area contributed by atoms with Gasteiger partial charge in [-0.15, -0.1) is 10.2 Å². The Balaban J connectivity index is 1.48. The summed E-state index contributed by atoms with van der Waals surface area (Å²) in [5.74, 6) is 1.20. The van der Waals surface area contributed by atoms with Gasteiger partial charge in [0.15, 0.2) is 11.0 Å². The standard InChI is InChI=1S/C24H18ClN5O2S/c25-18-8-10-19(11-9-18)27-23(31)16-33-24-29-28-22(30(24)20-4-2-1-3-5-20)15-32-21-12-6-17(14-26)7-13-21/h1-13H,15-16H2,(H,27,31). The van der Waals surface area contributed by atoms with Crippen molar-refractivity contribution in [2.45, 2.75) is 11.8 Å². The number of aromatic nitrogens is 3. The van der Waals surface area contributed by atoms with E-state index >= 15 is 0 Å². The number of hydrogen-bond donors (Lipinski definition) is 1. The van der Waals surface area contributed by atoms with Crippen molar-refractivity contribution < 1.29 is 9.53 Å². The van der Waals surface area contributed by atoms with Crippen molar-refractivity contribution in [3.8, 4) is 17.5 Å². The maximum absolute atomic E-state index is 12.4. The van der Waals surface area contributed by atoms with Crippen LogP contribution in [0.2, 0.25) is 5.02 Å². The van der Waals surface area contributed by atoms with Crippen LogP contribution >= 0.6 is 23.4 Å². The third-order valence-corrected chi connectivity index (χ3v) is 5.71. The summed E-state index contributed by atoms with van der Waals surface area (Å²) < 4.78 is 7.71. The SMILES string of the molecule is N#Cc1ccc(OCc2nnc(SCC(=O)Nc3ccc(Cl)cc3)n2-c2ccccc2)cc1. The van der Waals surface area contributed by atoms with Gasteiger partial charge in [0.25, 0.3) is 0 Å². The van der Waals surface area contributed by atoms with Crippen molar-refractivity contribution in [3.05, 3.63) is 95.3 Å². The summed E-state index contributed by atoms with van der Waals surface area (Å²) >= 11 is 7.17. The first kappa shape index (κ1) is 22.4. The average molecular weight is 476 g/mol. The minimum Gasteiger partial charge on any atom is -0.486 e. The molecule has 0 atom stereocenters. The molecule has 1 heterocycles. The van der Waals surface area contributed by atoms with Gasteiger partial charge in [0, 0.05) is 16.4 Å². The fourth-order valence-electron chi connectivity index (χ4n) is 2.96. The highest BCUT2D eigenvalue weighted by atomic mass is 35.5. The molecule has 0 spiro atoms. The molecule has 0 saturated carbocycles. The Morgan fingerprint density at radius 2 is 1.76 bits per heavy atom. The Hall–Kier alpha value is -3.80. The Morgan fingerprint density at radius 1 is 1.03 bits per heavy atom. The molecule has 0 unspecified atom stereocenters. The summed E-state index contributed by atoms with van der Waals surface area (Å²) in [5, 5.41) is 21.5. The molecule has 3 aromatic carbocycles. The number of halogens is 1. The molecule has 33 heavy (non-hydrogen) atoms. The predicted octanol–water partition coefficient (Wildman–Crippen LogP) is 5.10. The molecular formula is C24H18ClN5O2S. The lowest BCUT2D eigenvalue weighted by atomic mass is 10.2. The number of nitrogens with one attached hydrogen (secondary N) is 1. The van der Waals surface area contributed by atoms with Crippen LogP contribution in [0.1, 0.15) is 11.4 Å². The molecule has 0 aliphatic heterocycles. The van der Waals surface area contributed by atoms with Crippen LogP contribution < -0.4 is 10.1 Å². The van der Waals surface area contributed by atoms with E-state index in [1.165, 1.54) is 11.8 Å². The number of benzene rings is 3. The minimum absolute atomic E-state index is 0.157. The summed E-state index contributed by atoms with van der Waals surface area (Å²) in [6.45, 7) is 0.172. The number of anilines is 1. The molecule has 0 aliphatic carbocycles. The first-order valence-electron chi connectivity index (χ1n) is 9.93. The quantitative estimate of drug-likeness (QED) is 0.356. The van der Waals surface area contributed by atoms with Crippen LogP contribution in [0, 0.1) is 11.3 Å². The molecular weight excluding hydrogens is 458 g/mol. The number of para-hydroxylation sites is 1. The molecule has 1 aromatic heterocycles. The molecule has 0 aliphatic rings. The number of nitrogens with zero attached hydrogens (tertiary/aromatic N) is 4. The Bertz CT molecular complexity index is 1270. The van der Waals surface area contributed by atoms with Crippen molar-refractivity contribution >= 4 is 35.0 Å². The van der Waals surface area contributed by atoms with E-state index in [0.717, 1.165) is 5.69 Å². The summed E-state index contributed by atoms with van der Waals surface area (Å²) in [4.78, 5) is 12.4. The van der Waals surface area contributed by atoms with Gasteiger partial charge in [0.05, 0.1) is 17.4 Å². The average Bonchev–Trinajstić information content (AvgIpc) is 3.26. The summed E-state index contributed by atoms with van der Waals surface area (Å²) in [6, 6.07) is 25.5. The molecule has 0 saturated heterocycles. The fourth-order valence-corrected chi connectivity index (χ4v) is 3.85. The van der Waals surface area contributed by atoms with Crippen molar-refractivity contribution in [1.29, 1.82) is 5.26 Å². The van der Waals surface area contributed by atoms with Crippen LogP contribution in [0.25, 0.3) is 5.69 Å². The van der Waals surface area contributed by atoms with Crippen molar-refractivity contribution in [2.24, 2.45) is 0 Å². The normalized spacial score (nSPS) is 10.4. The highest BCUT2D eigenvalue weighted by Gasteiger charge is 2.16. The summed E-state index contributed by atoms with van der Waals surface area (Å²) in [5.41, 5.74) is 2.10. The van der Waals surface area contributed by atoms with E-state index < -0.39 is 0 Å². The zero-order valence-electron chi connectivity index (χ0n) is 17.3. The van der Waals surface area contributed by atoms with E-state index in [9.17, 15) is 4.79 Å². The number of thioether (sulfide) groups is 1. The number of nitriles is 1. The second-order valence-corrected chi connectivity index (χ2v) is 8.22. The van der Waals surface area contributed by atoms with Gasteiger partial charge in [-0.2, -0.15) is 5.26 Å². The molecule has 0 radical (unpaired) electrons. The molecule has 164 valence electrons. The van der Waals surface area contributed by atoms with Crippen LogP contribution in [0.3, 0.4) is 0 Å². The third kappa shape index (κ3) is 5.92. The number of carbonyl (C=O) groups is 1. The van der Waals surface area contributed by atoms with E-state index in [1.807, 2.05) is 34.9 Å². The maximum Gasteiger partial charge on any atom is 0.234 e. The van der Waals surface area contributed by atoms with Crippen molar-refractivity contribution in [3.63, 3.8) is 0 Å². The Kier molecular flexibility index (Phi) is 7.25. The molecule has 9 heteroatoms. The van der Waals surface area contributed by atoms with Gasteiger partial charge >= 0.3 is 0 Å². The van der Waals surface area contributed by atoms with Gasteiger partial charge < -0.3 is 10.1 Å². The number of ether oxygens (including phenoxy) is 1. The van der Waals surface area contributed by atoms with E-state index in [0.29, 0.717) is 33.0 Å². The van der Waals surface area contributed by atoms with Crippen LogP contribution in [-0.2, 0) is 11.4 Å². The van der Waals surface area contributed by atoms with Gasteiger partial charge in [-0.3, -0.25) is 9.36 Å². The van der Waals surface area contributed by atoms with Gasteiger partial charge in [0.2, 0.25) is 5.91 Å². The molecule has 4 aromatic rings. The number of carbonyl (C=O) groups excluding carboxylic acids is 1. The zero-order valence-corrected chi connectivity index (χ0v) is 18.9. The topological polar surface area (TPSA) is 92.8 Å². The third-order valence-electron chi connectivity index (χ3n) is 4.53. The Morgan fingerprint density at radius 3 is 2.45 bits per heavy atom.